The maximum Gasteiger partial charge on any atom is 0.227 e. The first-order chi connectivity index (χ1) is 13.1. The van der Waals surface area contributed by atoms with Gasteiger partial charge >= 0.3 is 0 Å². The monoisotopic (exact) mass is 386 g/mol. The van der Waals surface area contributed by atoms with Gasteiger partial charge in [-0.25, -0.2) is 0 Å². The Kier molecular flexibility index (Phi) is 6.48. The van der Waals surface area contributed by atoms with E-state index < -0.39 is 0 Å². The van der Waals surface area contributed by atoms with Crippen LogP contribution in [-0.4, -0.2) is 25.0 Å². The van der Waals surface area contributed by atoms with E-state index in [9.17, 15) is 9.59 Å². The van der Waals surface area contributed by atoms with Gasteiger partial charge in [0.15, 0.2) is 0 Å². The van der Waals surface area contributed by atoms with Gasteiger partial charge in [0, 0.05) is 29.4 Å². The molecule has 0 atom stereocenters. The Bertz CT molecular complexity index is 821. The third-order valence-electron chi connectivity index (χ3n) is 4.49. The van der Waals surface area contributed by atoms with E-state index in [1.807, 2.05) is 49.4 Å². The molecule has 2 aromatic carbocycles. The summed E-state index contributed by atoms with van der Waals surface area (Å²) in [6.45, 7) is 3.42. The molecule has 27 heavy (non-hydrogen) atoms. The van der Waals surface area contributed by atoms with Crippen LogP contribution in [0.2, 0.25) is 5.02 Å². The summed E-state index contributed by atoms with van der Waals surface area (Å²) < 4.78 is 5.21. The topological polar surface area (TPSA) is 58.6 Å². The van der Waals surface area contributed by atoms with E-state index in [0.717, 1.165) is 22.5 Å². The summed E-state index contributed by atoms with van der Waals surface area (Å²) in [5.41, 5.74) is 3.73. The van der Waals surface area contributed by atoms with E-state index in [-0.39, 0.29) is 11.8 Å². The molecule has 3 rings (SSSR count). The summed E-state index contributed by atoms with van der Waals surface area (Å²) in [6.07, 6.45) is 1.46. The minimum Gasteiger partial charge on any atom is -0.381 e. The van der Waals surface area contributed by atoms with Crippen molar-refractivity contribution in [2.45, 2.75) is 32.7 Å². The zero-order valence-corrected chi connectivity index (χ0v) is 16.1. The Morgan fingerprint density at radius 3 is 2.70 bits per heavy atom. The van der Waals surface area contributed by atoms with Crippen molar-refractivity contribution < 1.29 is 14.3 Å². The molecule has 142 valence electrons. The van der Waals surface area contributed by atoms with Crippen LogP contribution in [0.5, 0.6) is 0 Å². The van der Waals surface area contributed by atoms with E-state index in [1.54, 1.807) is 4.90 Å². The van der Waals surface area contributed by atoms with E-state index >= 15 is 0 Å². The number of hydrogen-bond acceptors (Lipinski definition) is 3. The van der Waals surface area contributed by atoms with E-state index in [4.69, 9.17) is 16.3 Å². The zero-order valence-electron chi connectivity index (χ0n) is 15.3. The summed E-state index contributed by atoms with van der Waals surface area (Å²) in [5.74, 6) is 0.0271. The van der Waals surface area contributed by atoms with Crippen molar-refractivity contribution in [3.8, 4) is 0 Å². The summed E-state index contributed by atoms with van der Waals surface area (Å²) >= 11 is 5.94. The summed E-state index contributed by atoms with van der Waals surface area (Å²) in [6, 6.07) is 13.2. The van der Waals surface area contributed by atoms with Crippen LogP contribution in [0, 0.1) is 0 Å². The number of ether oxygens (including phenoxy) is 1. The van der Waals surface area contributed by atoms with Crippen molar-refractivity contribution in [1.29, 1.82) is 0 Å². The third kappa shape index (κ3) is 5.08. The van der Waals surface area contributed by atoms with Gasteiger partial charge in [-0.3, -0.25) is 9.59 Å². The van der Waals surface area contributed by atoms with Crippen molar-refractivity contribution in [2.75, 3.05) is 23.4 Å². The number of hydrogen-bond donors (Lipinski definition) is 1. The minimum absolute atomic E-state index is 0.0756. The van der Waals surface area contributed by atoms with Gasteiger partial charge in [0.2, 0.25) is 11.8 Å². The number of carbonyl (C=O) groups is 2. The second kappa shape index (κ2) is 9.02. The standard InChI is InChI=1S/C21H23ClN2O3/c1-2-27-12-11-20(25)23-18-8-9-19-16(13-18)5-10-21(26)24(19)14-15-3-6-17(22)7-4-15/h3-4,6-9,13H,2,5,10-12,14H2,1H3,(H,23,25). The molecule has 2 amide bonds. The number of rotatable bonds is 7. The lowest BCUT2D eigenvalue weighted by Gasteiger charge is -2.30. The highest BCUT2D eigenvalue weighted by molar-refractivity contribution is 6.30. The van der Waals surface area contributed by atoms with Crippen LogP contribution in [0.15, 0.2) is 42.5 Å². The molecule has 6 heteroatoms. The molecule has 0 aliphatic carbocycles. The highest BCUT2D eigenvalue weighted by Gasteiger charge is 2.24. The quantitative estimate of drug-likeness (QED) is 0.726. The van der Waals surface area contributed by atoms with Crippen LogP contribution in [0.4, 0.5) is 11.4 Å². The largest absolute Gasteiger partial charge is 0.381 e. The van der Waals surface area contributed by atoms with E-state index in [0.29, 0.717) is 44.0 Å². The average Bonchev–Trinajstić information content (AvgIpc) is 2.66. The fraction of sp³-hybridized carbons (Fsp3) is 0.333. The van der Waals surface area contributed by atoms with Crippen LogP contribution >= 0.6 is 11.6 Å². The predicted molar refractivity (Wildman–Crippen MR) is 107 cm³/mol. The molecule has 0 saturated carbocycles. The smallest absolute Gasteiger partial charge is 0.227 e. The number of fused-ring (bicyclic) bond motifs is 1. The molecule has 2 aromatic rings. The van der Waals surface area contributed by atoms with Gasteiger partial charge in [-0.15, -0.1) is 0 Å². The Labute approximate surface area is 164 Å². The number of benzene rings is 2. The van der Waals surface area contributed by atoms with Gasteiger partial charge in [-0.1, -0.05) is 23.7 Å². The van der Waals surface area contributed by atoms with Gasteiger partial charge in [0.25, 0.3) is 0 Å². The van der Waals surface area contributed by atoms with Crippen molar-refractivity contribution in [2.24, 2.45) is 0 Å². The molecular formula is C21H23ClN2O3. The summed E-state index contributed by atoms with van der Waals surface area (Å²) in [7, 11) is 0. The first kappa shape index (κ1) is 19.4. The number of amides is 2. The Morgan fingerprint density at radius 1 is 1.19 bits per heavy atom. The number of carbonyl (C=O) groups excluding carboxylic acids is 2. The van der Waals surface area contributed by atoms with Crippen LogP contribution < -0.4 is 10.2 Å². The van der Waals surface area contributed by atoms with Crippen LogP contribution in [0.3, 0.4) is 0 Å². The maximum absolute atomic E-state index is 12.5. The van der Waals surface area contributed by atoms with Gasteiger partial charge in [-0.05, 0) is 54.8 Å². The van der Waals surface area contributed by atoms with Gasteiger partial charge in [-0.2, -0.15) is 0 Å². The zero-order chi connectivity index (χ0) is 19.2. The lowest BCUT2D eigenvalue weighted by molar-refractivity contribution is -0.119. The number of halogens is 1. The second-order valence-electron chi connectivity index (χ2n) is 6.44. The Hall–Kier alpha value is -2.37. The third-order valence-corrected chi connectivity index (χ3v) is 4.75. The molecule has 0 saturated heterocycles. The minimum atomic E-state index is -0.0756. The molecule has 0 spiro atoms. The molecule has 1 N–H and O–H groups in total. The highest BCUT2D eigenvalue weighted by atomic mass is 35.5. The predicted octanol–water partition coefficient (Wildman–Crippen LogP) is 4.18. The lowest BCUT2D eigenvalue weighted by atomic mass is 9.99. The fourth-order valence-electron chi connectivity index (χ4n) is 3.12. The molecule has 0 fully saturated rings. The first-order valence-corrected chi connectivity index (χ1v) is 9.50. The first-order valence-electron chi connectivity index (χ1n) is 9.12. The molecular weight excluding hydrogens is 364 g/mol. The van der Waals surface area contributed by atoms with Crippen molar-refractivity contribution in [3.63, 3.8) is 0 Å². The molecule has 0 radical (unpaired) electrons. The molecule has 1 aliphatic heterocycles. The highest BCUT2D eigenvalue weighted by Crippen LogP contribution is 2.31. The van der Waals surface area contributed by atoms with Crippen molar-refractivity contribution in [3.05, 3.63) is 58.6 Å². The van der Waals surface area contributed by atoms with Crippen molar-refractivity contribution >= 4 is 34.8 Å². The second-order valence-corrected chi connectivity index (χ2v) is 6.88. The van der Waals surface area contributed by atoms with Gasteiger partial charge in [0.05, 0.1) is 19.6 Å². The molecule has 0 aromatic heterocycles. The van der Waals surface area contributed by atoms with Gasteiger partial charge in [0.1, 0.15) is 0 Å². The van der Waals surface area contributed by atoms with E-state index in [2.05, 4.69) is 5.32 Å². The maximum atomic E-state index is 12.5. The summed E-state index contributed by atoms with van der Waals surface area (Å²) in [4.78, 5) is 26.2. The van der Waals surface area contributed by atoms with Crippen LogP contribution in [0.25, 0.3) is 0 Å². The molecule has 0 bridgehead atoms. The van der Waals surface area contributed by atoms with Crippen LogP contribution in [-0.2, 0) is 27.3 Å². The molecule has 5 nitrogen and oxygen atoms in total. The molecule has 1 heterocycles. The number of nitrogens with one attached hydrogen (secondary N) is 1. The number of nitrogens with zero attached hydrogens (tertiary/aromatic N) is 1. The Morgan fingerprint density at radius 2 is 1.96 bits per heavy atom. The SMILES string of the molecule is CCOCCC(=O)Nc1ccc2c(c1)CCC(=O)N2Cc1ccc(Cl)cc1. The van der Waals surface area contributed by atoms with Crippen LogP contribution in [0.1, 0.15) is 30.9 Å². The Balaban J connectivity index is 1.72. The van der Waals surface area contributed by atoms with Crippen molar-refractivity contribution in [1.82, 2.24) is 0 Å². The summed E-state index contributed by atoms with van der Waals surface area (Å²) in [5, 5.41) is 3.57. The number of anilines is 2. The van der Waals surface area contributed by atoms with Gasteiger partial charge < -0.3 is 15.0 Å². The number of aryl methyl sites for hydroxylation is 1. The van der Waals surface area contributed by atoms with E-state index in [1.165, 1.54) is 0 Å². The average molecular weight is 387 g/mol. The lowest BCUT2D eigenvalue weighted by Crippen LogP contribution is -2.34. The fourth-order valence-corrected chi connectivity index (χ4v) is 3.24. The molecule has 1 aliphatic rings. The normalized spacial score (nSPS) is 13.4. The molecule has 0 unspecified atom stereocenters.